The second kappa shape index (κ2) is 4.85. The van der Waals surface area contributed by atoms with Crippen LogP contribution in [-0.4, -0.2) is 14.7 Å². The van der Waals surface area contributed by atoms with Crippen molar-refractivity contribution < 1.29 is 9.50 Å². The van der Waals surface area contributed by atoms with Gasteiger partial charge in [-0.15, -0.1) is 0 Å². The lowest BCUT2D eigenvalue weighted by molar-refractivity contribution is 0.174. The van der Waals surface area contributed by atoms with Crippen LogP contribution in [0.5, 0.6) is 0 Å². The van der Waals surface area contributed by atoms with Crippen LogP contribution >= 0.6 is 11.6 Å². The topological polar surface area (TPSA) is 38.0 Å². The molecule has 3 nitrogen and oxygen atoms in total. The Bertz CT molecular complexity index is 527. The van der Waals surface area contributed by atoms with Crippen LogP contribution in [0.1, 0.15) is 17.4 Å². The minimum atomic E-state index is -0.782. The van der Waals surface area contributed by atoms with Crippen molar-refractivity contribution in [2.45, 2.75) is 12.5 Å². The largest absolute Gasteiger partial charge is 0.386 e. The highest BCUT2D eigenvalue weighted by molar-refractivity contribution is 6.31. The van der Waals surface area contributed by atoms with E-state index in [1.54, 1.807) is 17.1 Å². The van der Waals surface area contributed by atoms with E-state index in [2.05, 4.69) is 4.98 Å². The first kappa shape index (κ1) is 12.1. The van der Waals surface area contributed by atoms with Gasteiger partial charge in [0.2, 0.25) is 0 Å². The first-order valence-corrected chi connectivity index (χ1v) is 5.54. The van der Waals surface area contributed by atoms with Gasteiger partial charge in [0, 0.05) is 24.7 Å². The smallest absolute Gasteiger partial charge is 0.123 e. The van der Waals surface area contributed by atoms with Gasteiger partial charge < -0.3 is 9.67 Å². The zero-order chi connectivity index (χ0) is 12.4. The number of halogens is 2. The Morgan fingerprint density at radius 3 is 2.94 bits per heavy atom. The second-order valence-electron chi connectivity index (χ2n) is 3.92. The number of nitrogens with zero attached hydrogens (tertiary/aromatic N) is 2. The molecule has 2 rings (SSSR count). The van der Waals surface area contributed by atoms with Gasteiger partial charge in [0.05, 0.1) is 12.0 Å². The summed E-state index contributed by atoms with van der Waals surface area (Å²) in [6.45, 7) is 0. The van der Waals surface area contributed by atoms with Gasteiger partial charge >= 0.3 is 0 Å². The Balaban J connectivity index is 2.18. The van der Waals surface area contributed by atoms with E-state index in [1.165, 1.54) is 18.2 Å². The molecule has 0 aliphatic heterocycles. The van der Waals surface area contributed by atoms with Crippen molar-refractivity contribution in [2.24, 2.45) is 7.05 Å². The molecule has 0 spiro atoms. The summed E-state index contributed by atoms with van der Waals surface area (Å²) in [5, 5.41) is 10.4. The third-order valence-electron chi connectivity index (χ3n) is 2.49. The first-order valence-electron chi connectivity index (χ1n) is 5.16. The average molecular weight is 255 g/mol. The first-order chi connectivity index (χ1) is 8.06. The summed E-state index contributed by atoms with van der Waals surface area (Å²) in [5.41, 5.74) is 1.12. The molecule has 1 aromatic heterocycles. The Hall–Kier alpha value is -1.39. The highest BCUT2D eigenvalue weighted by Crippen LogP contribution is 2.23. The summed E-state index contributed by atoms with van der Waals surface area (Å²) < 4.78 is 14.8. The summed E-state index contributed by atoms with van der Waals surface area (Å²) in [7, 11) is 1.82. The maximum Gasteiger partial charge on any atom is 0.123 e. The third-order valence-corrected chi connectivity index (χ3v) is 2.86. The highest BCUT2D eigenvalue weighted by atomic mass is 35.5. The Kier molecular flexibility index (Phi) is 3.45. The van der Waals surface area contributed by atoms with E-state index in [-0.39, 0.29) is 12.2 Å². The molecular weight excluding hydrogens is 243 g/mol. The molecule has 1 heterocycles. The molecule has 0 amide bonds. The van der Waals surface area contributed by atoms with Crippen molar-refractivity contribution in [3.8, 4) is 0 Å². The van der Waals surface area contributed by atoms with Crippen LogP contribution in [0.15, 0.2) is 30.7 Å². The van der Waals surface area contributed by atoms with Crippen molar-refractivity contribution in [3.05, 3.63) is 52.8 Å². The Morgan fingerprint density at radius 1 is 1.53 bits per heavy atom. The van der Waals surface area contributed by atoms with E-state index in [4.69, 9.17) is 11.6 Å². The van der Waals surface area contributed by atoms with E-state index in [0.717, 1.165) is 0 Å². The predicted molar refractivity (Wildman–Crippen MR) is 63.3 cm³/mol. The maximum absolute atomic E-state index is 13.0. The summed E-state index contributed by atoms with van der Waals surface area (Å²) in [4.78, 5) is 4.04. The molecule has 0 aliphatic rings. The Labute approximate surface area is 103 Å². The van der Waals surface area contributed by atoms with Gasteiger partial charge in [-0.25, -0.2) is 9.37 Å². The molecule has 2 aromatic rings. The number of aryl methyl sites for hydroxylation is 1. The van der Waals surface area contributed by atoms with Gasteiger partial charge in [0.1, 0.15) is 11.9 Å². The molecule has 1 N–H and O–H groups in total. The molecule has 90 valence electrons. The van der Waals surface area contributed by atoms with Crippen LogP contribution in [0, 0.1) is 5.82 Å². The van der Waals surface area contributed by atoms with Gasteiger partial charge in [0.25, 0.3) is 0 Å². The molecular formula is C12H12ClFN2O. The second-order valence-corrected chi connectivity index (χ2v) is 4.33. The molecule has 0 saturated carbocycles. The molecule has 1 unspecified atom stereocenters. The summed E-state index contributed by atoms with van der Waals surface area (Å²) in [6, 6.07) is 4.10. The predicted octanol–water partition coefficient (Wildman–Crippen LogP) is 2.49. The Morgan fingerprint density at radius 2 is 2.29 bits per heavy atom. The highest BCUT2D eigenvalue weighted by Gasteiger charge is 2.13. The summed E-state index contributed by atoms with van der Waals surface area (Å²) >= 11 is 5.93. The molecule has 5 heteroatoms. The minimum absolute atomic E-state index is 0.244. The lowest BCUT2D eigenvalue weighted by Gasteiger charge is -2.09. The van der Waals surface area contributed by atoms with Crippen molar-refractivity contribution in [3.63, 3.8) is 0 Å². The van der Waals surface area contributed by atoms with Crippen LogP contribution in [0.25, 0.3) is 0 Å². The quantitative estimate of drug-likeness (QED) is 0.914. The zero-order valence-corrected chi connectivity index (χ0v) is 10.0. The molecule has 17 heavy (non-hydrogen) atoms. The zero-order valence-electron chi connectivity index (χ0n) is 9.27. The molecule has 0 fully saturated rings. The average Bonchev–Trinajstić information content (AvgIpc) is 2.70. The van der Waals surface area contributed by atoms with E-state index < -0.39 is 6.10 Å². The number of benzene rings is 1. The van der Waals surface area contributed by atoms with E-state index >= 15 is 0 Å². The van der Waals surface area contributed by atoms with Crippen molar-refractivity contribution in [2.75, 3.05) is 0 Å². The van der Waals surface area contributed by atoms with Gasteiger partial charge in [0.15, 0.2) is 0 Å². The fourth-order valence-electron chi connectivity index (χ4n) is 1.62. The van der Waals surface area contributed by atoms with Gasteiger partial charge in [-0.2, -0.15) is 0 Å². The molecule has 0 saturated heterocycles. The van der Waals surface area contributed by atoms with E-state index in [1.807, 2.05) is 7.05 Å². The monoisotopic (exact) mass is 254 g/mol. The number of imidazole rings is 1. The van der Waals surface area contributed by atoms with Crippen LogP contribution in [0.3, 0.4) is 0 Å². The molecule has 1 atom stereocenters. The number of aromatic nitrogens is 2. The summed E-state index contributed by atoms with van der Waals surface area (Å²) in [5.74, 6) is -0.363. The van der Waals surface area contributed by atoms with Crippen LogP contribution in [0.4, 0.5) is 4.39 Å². The SMILES string of the molecule is Cn1cnc(C(O)Cc2cc(F)ccc2Cl)c1. The van der Waals surface area contributed by atoms with Crippen LogP contribution in [-0.2, 0) is 13.5 Å². The summed E-state index contributed by atoms with van der Waals surface area (Å²) in [6.07, 6.45) is 2.78. The van der Waals surface area contributed by atoms with Crippen LogP contribution < -0.4 is 0 Å². The minimum Gasteiger partial charge on any atom is -0.386 e. The van der Waals surface area contributed by atoms with Crippen molar-refractivity contribution in [1.29, 1.82) is 0 Å². The normalized spacial score (nSPS) is 12.7. The molecule has 0 radical (unpaired) electrons. The van der Waals surface area contributed by atoms with Gasteiger partial charge in [-0.3, -0.25) is 0 Å². The third kappa shape index (κ3) is 2.84. The maximum atomic E-state index is 13.0. The van der Waals surface area contributed by atoms with E-state index in [9.17, 15) is 9.50 Å². The molecule has 0 bridgehead atoms. The number of rotatable bonds is 3. The lowest BCUT2D eigenvalue weighted by atomic mass is 10.1. The fraction of sp³-hybridized carbons (Fsp3) is 0.250. The number of aliphatic hydroxyl groups is 1. The fourth-order valence-corrected chi connectivity index (χ4v) is 1.81. The number of aliphatic hydroxyl groups excluding tert-OH is 1. The van der Waals surface area contributed by atoms with Crippen molar-refractivity contribution >= 4 is 11.6 Å². The van der Waals surface area contributed by atoms with E-state index in [0.29, 0.717) is 16.3 Å². The van der Waals surface area contributed by atoms with Gasteiger partial charge in [-0.1, -0.05) is 11.6 Å². The number of hydrogen-bond acceptors (Lipinski definition) is 2. The van der Waals surface area contributed by atoms with Crippen molar-refractivity contribution in [1.82, 2.24) is 9.55 Å². The van der Waals surface area contributed by atoms with Crippen LogP contribution in [0.2, 0.25) is 5.02 Å². The standard InChI is InChI=1S/C12H12ClFN2O/c1-16-6-11(15-7-16)12(17)5-8-4-9(14)2-3-10(8)13/h2-4,6-7,12,17H,5H2,1H3. The molecule has 1 aromatic carbocycles. The number of hydrogen-bond donors (Lipinski definition) is 1. The van der Waals surface area contributed by atoms with Gasteiger partial charge in [-0.05, 0) is 23.8 Å². The molecule has 0 aliphatic carbocycles. The lowest BCUT2D eigenvalue weighted by Crippen LogP contribution is -2.03.